The van der Waals surface area contributed by atoms with E-state index in [9.17, 15) is 0 Å². The maximum Gasteiger partial charge on any atom is 0.167 e. The number of ether oxygens (including phenoxy) is 1. The first kappa shape index (κ1) is 15.9. The normalized spacial score (nSPS) is 13.9. The molecule has 4 nitrogen and oxygen atoms in total. The molecular formula is C16H23N3OS. The van der Waals surface area contributed by atoms with Crippen LogP contribution < -0.4 is 10.1 Å². The second kappa shape index (κ2) is 7.52. The Morgan fingerprint density at radius 2 is 2.05 bits per heavy atom. The van der Waals surface area contributed by atoms with E-state index in [-0.39, 0.29) is 6.04 Å². The van der Waals surface area contributed by atoms with Crippen LogP contribution in [0, 0.1) is 0 Å². The molecule has 0 fully saturated rings. The number of imidazole rings is 1. The molecule has 2 unspecified atom stereocenters. The number of thioether (sulfide) groups is 1. The molecule has 5 heteroatoms. The minimum absolute atomic E-state index is 0.280. The van der Waals surface area contributed by atoms with Gasteiger partial charge in [-0.25, -0.2) is 4.98 Å². The van der Waals surface area contributed by atoms with Gasteiger partial charge in [0.25, 0.3) is 0 Å². The molecule has 1 aromatic carbocycles. The number of aryl methyl sites for hydroxylation is 1. The van der Waals surface area contributed by atoms with Crippen molar-refractivity contribution >= 4 is 11.8 Å². The molecule has 0 spiro atoms. The van der Waals surface area contributed by atoms with Crippen LogP contribution in [0.3, 0.4) is 0 Å². The molecular weight excluding hydrogens is 282 g/mol. The third-order valence-electron chi connectivity index (χ3n) is 3.44. The summed E-state index contributed by atoms with van der Waals surface area (Å²) >= 11 is 1.79. The van der Waals surface area contributed by atoms with Crippen LogP contribution in [-0.2, 0) is 7.05 Å². The molecule has 0 bridgehead atoms. The summed E-state index contributed by atoms with van der Waals surface area (Å²) in [6, 6.07) is 8.56. The number of nitrogens with zero attached hydrogens (tertiary/aromatic N) is 2. The number of methoxy groups -OCH3 is 1. The van der Waals surface area contributed by atoms with Gasteiger partial charge in [0.05, 0.1) is 7.11 Å². The molecule has 21 heavy (non-hydrogen) atoms. The van der Waals surface area contributed by atoms with Crippen LogP contribution in [0.1, 0.15) is 25.5 Å². The first-order valence-electron chi connectivity index (χ1n) is 7.17. The van der Waals surface area contributed by atoms with Gasteiger partial charge in [-0.3, -0.25) is 0 Å². The highest BCUT2D eigenvalue weighted by molar-refractivity contribution is 7.99. The lowest BCUT2D eigenvalue weighted by atomic mass is 10.0. The number of benzene rings is 1. The minimum atomic E-state index is 0.280. The van der Waals surface area contributed by atoms with E-state index in [0.717, 1.165) is 17.5 Å². The van der Waals surface area contributed by atoms with Crippen LogP contribution in [0.4, 0.5) is 0 Å². The lowest BCUT2D eigenvalue weighted by Gasteiger charge is -2.24. The predicted molar refractivity (Wildman–Crippen MR) is 87.9 cm³/mol. The fraction of sp³-hybridized carbons (Fsp3) is 0.438. The summed E-state index contributed by atoms with van der Waals surface area (Å²) in [7, 11) is 3.72. The van der Waals surface area contributed by atoms with E-state index in [0.29, 0.717) is 5.25 Å². The summed E-state index contributed by atoms with van der Waals surface area (Å²) in [6.07, 6.45) is 3.81. The number of rotatable bonds is 7. The zero-order valence-electron chi connectivity index (χ0n) is 13.0. The van der Waals surface area contributed by atoms with Crippen molar-refractivity contribution in [1.82, 2.24) is 14.9 Å². The summed E-state index contributed by atoms with van der Waals surface area (Å²) < 4.78 is 7.29. The molecule has 2 aromatic rings. The summed E-state index contributed by atoms with van der Waals surface area (Å²) in [4.78, 5) is 4.40. The third-order valence-corrected chi connectivity index (χ3v) is 4.68. The van der Waals surface area contributed by atoms with Crippen LogP contribution in [-0.4, -0.2) is 28.5 Å². The Labute approximate surface area is 130 Å². The van der Waals surface area contributed by atoms with E-state index in [1.54, 1.807) is 18.9 Å². The predicted octanol–water partition coefficient (Wildman–Crippen LogP) is 3.26. The molecule has 0 aliphatic carbocycles. The van der Waals surface area contributed by atoms with Crippen LogP contribution in [0.5, 0.6) is 5.75 Å². The number of hydrogen-bond donors (Lipinski definition) is 1. The lowest BCUT2D eigenvalue weighted by molar-refractivity contribution is 0.414. The van der Waals surface area contributed by atoms with Crippen LogP contribution in [0.25, 0.3) is 0 Å². The molecule has 2 rings (SSSR count). The van der Waals surface area contributed by atoms with Gasteiger partial charge in [0.1, 0.15) is 5.75 Å². The van der Waals surface area contributed by atoms with Gasteiger partial charge in [0.15, 0.2) is 5.16 Å². The van der Waals surface area contributed by atoms with Crippen molar-refractivity contribution in [2.24, 2.45) is 7.05 Å². The fourth-order valence-corrected chi connectivity index (χ4v) is 3.36. The van der Waals surface area contributed by atoms with Gasteiger partial charge in [-0.2, -0.15) is 0 Å². The van der Waals surface area contributed by atoms with E-state index in [1.807, 2.05) is 31.6 Å². The molecule has 0 aliphatic heterocycles. The van der Waals surface area contributed by atoms with E-state index >= 15 is 0 Å². The van der Waals surface area contributed by atoms with Crippen LogP contribution >= 0.6 is 11.8 Å². The molecule has 0 saturated heterocycles. The second-order valence-electron chi connectivity index (χ2n) is 4.95. The monoisotopic (exact) mass is 305 g/mol. The third kappa shape index (κ3) is 4.02. The van der Waals surface area contributed by atoms with Crippen molar-refractivity contribution < 1.29 is 4.74 Å². The van der Waals surface area contributed by atoms with Gasteiger partial charge in [0.2, 0.25) is 0 Å². The highest BCUT2D eigenvalue weighted by Gasteiger charge is 2.21. The Hall–Kier alpha value is -1.46. The zero-order chi connectivity index (χ0) is 15.2. The molecule has 0 aliphatic rings. The quantitative estimate of drug-likeness (QED) is 0.797. The maximum absolute atomic E-state index is 5.23. The van der Waals surface area contributed by atoms with Gasteiger partial charge in [-0.15, -0.1) is 0 Å². The maximum atomic E-state index is 5.23. The van der Waals surface area contributed by atoms with E-state index in [2.05, 4.69) is 40.8 Å². The van der Waals surface area contributed by atoms with Crippen molar-refractivity contribution in [2.45, 2.75) is 30.3 Å². The van der Waals surface area contributed by atoms with Gasteiger partial charge in [-0.05, 0) is 24.2 Å². The van der Waals surface area contributed by atoms with Gasteiger partial charge < -0.3 is 14.6 Å². The smallest absolute Gasteiger partial charge is 0.167 e. The zero-order valence-corrected chi connectivity index (χ0v) is 13.9. The summed E-state index contributed by atoms with van der Waals surface area (Å²) in [5, 5.41) is 4.98. The largest absolute Gasteiger partial charge is 0.497 e. The first-order valence-corrected chi connectivity index (χ1v) is 8.05. The summed E-state index contributed by atoms with van der Waals surface area (Å²) in [5.74, 6) is 0.887. The van der Waals surface area contributed by atoms with Crippen molar-refractivity contribution in [3.05, 3.63) is 42.2 Å². The SMILES string of the molecule is CCNC(c1ccc(OC)cc1)C(C)Sc1nccn1C. The van der Waals surface area contributed by atoms with Gasteiger partial charge in [0, 0.05) is 30.7 Å². The Balaban J connectivity index is 2.14. The van der Waals surface area contributed by atoms with E-state index in [1.165, 1.54) is 5.56 Å². The number of aromatic nitrogens is 2. The Morgan fingerprint density at radius 1 is 1.33 bits per heavy atom. The molecule has 114 valence electrons. The van der Waals surface area contributed by atoms with Gasteiger partial charge in [-0.1, -0.05) is 37.7 Å². The molecule has 0 amide bonds. The first-order chi connectivity index (χ1) is 10.2. The Morgan fingerprint density at radius 3 is 2.57 bits per heavy atom. The molecule has 1 aromatic heterocycles. The summed E-state index contributed by atoms with van der Waals surface area (Å²) in [5.41, 5.74) is 1.27. The molecule has 1 heterocycles. The Kier molecular flexibility index (Phi) is 5.70. The highest BCUT2D eigenvalue weighted by atomic mass is 32.2. The fourth-order valence-electron chi connectivity index (χ4n) is 2.29. The summed E-state index contributed by atoms with van der Waals surface area (Å²) in [6.45, 7) is 5.30. The Bertz CT molecular complexity index is 553. The molecule has 2 atom stereocenters. The van der Waals surface area contributed by atoms with E-state index in [4.69, 9.17) is 4.74 Å². The number of nitrogens with one attached hydrogen (secondary N) is 1. The molecule has 1 N–H and O–H groups in total. The van der Waals surface area contributed by atoms with Crippen molar-refractivity contribution in [1.29, 1.82) is 0 Å². The number of hydrogen-bond acceptors (Lipinski definition) is 4. The lowest BCUT2D eigenvalue weighted by Crippen LogP contribution is -2.28. The van der Waals surface area contributed by atoms with Gasteiger partial charge >= 0.3 is 0 Å². The van der Waals surface area contributed by atoms with E-state index < -0.39 is 0 Å². The topological polar surface area (TPSA) is 39.1 Å². The molecule has 0 saturated carbocycles. The average molecular weight is 305 g/mol. The standard InChI is InChI=1S/C16H23N3OS/c1-5-17-15(13-6-8-14(20-4)9-7-13)12(2)21-16-18-10-11-19(16)3/h6-12,15,17H,5H2,1-4H3. The molecule has 0 radical (unpaired) electrons. The van der Waals surface area contributed by atoms with Crippen molar-refractivity contribution in [3.63, 3.8) is 0 Å². The average Bonchev–Trinajstić information content (AvgIpc) is 2.90. The second-order valence-corrected chi connectivity index (χ2v) is 6.30. The van der Waals surface area contributed by atoms with Crippen molar-refractivity contribution in [2.75, 3.05) is 13.7 Å². The van der Waals surface area contributed by atoms with Crippen molar-refractivity contribution in [3.8, 4) is 5.75 Å². The van der Waals surface area contributed by atoms with Crippen LogP contribution in [0.15, 0.2) is 41.8 Å². The van der Waals surface area contributed by atoms with Crippen LogP contribution in [0.2, 0.25) is 0 Å². The highest BCUT2D eigenvalue weighted by Crippen LogP contribution is 2.31. The minimum Gasteiger partial charge on any atom is -0.497 e.